The Balaban J connectivity index is 2.31. The van der Waals surface area contributed by atoms with Gasteiger partial charge in [0.1, 0.15) is 6.04 Å². The highest BCUT2D eigenvalue weighted by atomic mass is 35.5. The van der Waals surface area contributed by atoms with E-state index >= 15 is 0 Å². The van der Waals surface area contributed by atoms with Crippen LogP contribution in [0.1, 0.15) is 10.4 Å². The minimum Gasteiger partial charge on any atom is -0.396 e. The molecule has 1 aliphatic rings. The van der Waals surface area contributed by atoms with Crippen molar-refractivity contribution < 1.29 is 4.79 Å². The van der Waals surface area contributed by atoms with Gasteiger partial charge in [0.2, 0.25) is 0 Å². The molecule has 0 aromatic heterocycles. The van der Waals surface area contributed by atoms with Gasteiger partial charge in [0.05, 0.1) is 21.8 Å². The molecule has 1 amide bonds. The third kappa shape index (κ3) is 2.92. The van der Waals surface area contributed by atoms with Crippen molar-refractivity contribution in [1.29, 1.82) is 5.26 Å². The molecular weight excluding hydrogens is 305 g/mol. The third-order valence-corrected chi connectivity index (χ3v) is 4.51. The molecule has 4 nitrogen and oxygen atoms in total. The minimum atomic E-state index is -0.415. The minimum absolute atomic E-state index is 0.240. The van der Waals surface area contributed by atoms with E-state index in [1.807, 2.05) is 0 Å². The van der Waals surface area contributed by atoms with Gasteiger partial charge >= 0.3 is 0 Å². The van der Waals surface area contributed by atoms with Gasteiger partial charge in [-0.2, -0.15) is 17.0 Å². The number of carbonyl (C=O) groups is 1. The van der Waals surface area contributed by atoms with Crippen LogP contribution in [-0.2, 0) is 0 Å². The van der Waals surface area contributed by atoms with Crippen LogP contribution in [0.3, 0.4) is 0 Å². The number of rotatable bonds is 1. The van der Waals surface area contributed by atoms with Crippen LogP contribution in [0.2, 0.25) is 10.0 Å². The monoisotopic (exact) mass is 315 g/mol. The second-order valence-corrected chi connectivity index (χ2v) is 6.04. The van der Waals surface area contributed by atoms with E-state index in [1.165, 1.54) is 12.1 Å². The number of anilines is 1. The fraction of sp³-hybridized carbons (Fsp3) is 0.333. The predicted molar refractivity (Wildman–Crippen MR) is 78.6 cm³/mol. The lowest BCUT2D eigenvalue weighted by molar-refractivity contribution is 0.0737. The van der Waals surface area contributed by atoms with Gasteiger partial charge in [-0.15, -0.1) is 0 Å². The van der Waals surface area contributed by atoms with Gasteiger partial charge in [-0.3, -0.25) is 4.79 Å². The molecule has 100 valence electrons. The molecule has 0 bridgehead atoms. The van der Waals surface area contributed by atoms with E-state index in [0.717, 1.165) is 5.75 Å². The standard InChI is InChI=1S/C12H11Cl2N3OS/c13-9-3-7(4-10(14)11(9)16)12(18)17-1-2-19-6-8(17)5-15/h3-4,8H,1-2,6,16H2/t8-/m0/s1. The Kier molecular flexibility index (Phi) is 4.46. The predicted octanol–water partition coefficient (Wildman–Crippen LogP) is 2.66. The summed E-state index contributed by atoms with van der Waals surface area (Å²) >= 11 is 13.5. The van der Waals surface area contributed by atoms with Gasteiger partial charge in [-0.05, 0) is 12.1 Å². The molecule has 0 unspecified atom stereocenters. The molecule has 0 radical (unpaired) electrons. The number of nitriles is 1. The Labute approximate surface area is 125 Å². The summed E-state index contributed by atoms with van der Waals surface area (Å²) in [6.45, 7) is 0.543. The van der Waals surface area contributed by atoms with Crippen molar-refractivity contribution >= 4 is 46.6 Å². The maximum absolute atomic E-state index is 12.4. The van der Waals surface area contributed by atoms with Crippen molar-refractivity contribution in [2.24, 2.45) is 0 Å². The second kappa shape index (κ2) is 5.91. The first-order valence-corrected chi connectivity index (χ1v) is 7.48. The molecule has 0 aliphatic carbocycles. The summed E-state index contributed by atoms with van der Waals surface area (Å²) in [6.07, 6.45) is 0. The Bertz CT molecular complexity index is 535. The highest BCUT2D eigenvalue weighted by Gasteiger charge is 2.28. The van der Waals surface area contributed by atoms with E-state index in [0.29, 0.717) is 17.9 Å². The molecule has 1 aromatic carbocycles. The summed E-state index contributed by atoms with van der Waals surface area (Å²) in [5.74, 6) is 1.20. The molecule has 0 saturated carbocycles. The zero-order chi connectivity index (χ0) is 14.0. The Morgan fingerprint density at radius 2 is 2.11 bits per heavy atom. The number of nitrogens with zero attached hydrogens (tertiary/aromatic N) is 2. The molecule has 7 heteroatoms. The number of amides is 1. The first-order chi connectivity index (χ1) is 9.04. The molecular formula is C12H11Cl2N3OS. The first-order valence-electron chi connectivity index (χ1n) is 5.57. The van der Waals surface area contributed by atoms with E-state index < -0.39 is 6.04 Å². The number of carbonyl (C=O) groups excluding carboxylic acids is 1. The number of hydrogen-bond acceptors (Lipinski definition) is 4. The van der Waals surface area contributed by atoms with E-state index in [1.54, 1.807) is 16.7 Å². The van der Waals surface area contributed by atoms with Crippen LogP contribution in [0.5, 0.6) is 0 Å². The second-order valence-electron chi connectivity index (χ2n) is 4.07. The molecule has 1 saturated heterocycles. The molecule has 2 N–H and O–H groups in total. The number of nitrogen functional groups attached to an aromatic ring is 1. The molecule has 1 aromatic rings. The van der Waals surface area contributed by atoms with Crippen molar-refractivity contribution in [1.82, 2.24) is 4.90 Å². The van der Waals surface area contributed by atoms with Crippen molar-refractivity contribution in [2.75, 3.05) is 23.8 Å². The lowest BCUT2D eigenvalue weighted by atomic mass is 10.1. The quantitative estimate of drug-likeness (QED) is 0.809. The van der Waals surface area contributed by atoms with Gasteiger partial charge in [0, 0.05) is 23.6 Å². The average Bonchev–Trinajstić information content (AvgIpc) is 2.43. The molecule has 1 heterocycles. The molecule has 1 aliphatic heterocycles. The fourth-order valence-electron chi connectivity index (χ4n) is 1.83. The van der Waals surface area contributed by atoms with Crippen LogP contribution >= 0.6 is 35.0 Å². The zero-order valence-corrected chi connectivity index (χ0v) is 12.2. The van der Waals surface area contributed by atoms with E-state index in [4.69, 9.17) is 34.2 Å². The Morgan fingerprint density at radius 3 is 2.68 bits per heavy atom. The number of hydrogen-bond donors (Lipinski definition) is 1. The summed E-state index contributed by atoms with van der Waals surface area (Å²) in [6, 6.07) is 4.70. The van der Waals surface area contributed by atoms with Crippen LogP contribution in [0.15, 0.2) is 12.1 Å². The van der Waals surface area contributed by atoms with Crippen molar-refractivity contribution in [3.05, 3.63) is 27.7 Å². The lowest BCUT2D eigenvalue weighted by Crippen LogP contribution is -2.45. The van der Waals surface area contributed by atoms with Crippen LogP contribution in [0, 0.1) is 11.3 Å². The third-order valence-electron chi connectivity index (χ3n) is 2.86. The zero-order valence-electron chi connectivity index (χ0n) is 9.90. The Morgan fingerprint density at radius 1 is 1.47 bits per heavy atom. The summed E-state index contributed by atoms with van der Waals surface area (Å²) in [5.41, 5.74) is 6.25. The van der Waals surface area contributed by atoms with Gasteiger partial charge in [-0.25, -0.2) is 0 Å². The fourth-order valence-corrected chi connectivity index (χ4v) is 3.28. The summed E-state index contributed by atoms with van der Waals surface area (Å²) in [5, 5.41) is 9.57. The van der Waals surface area contributed by atoms with Gasteiger partial charge in [0.15, 0.2) is 0 Å². The van der Waals surface area contributed by atoms with Crippen LogP contribution < -0.4 is 5.73 Å². The van der Waals surface area contributed by atoms with Gasteiger partial charge in [-0.1, -0.05) is 23.2 Å². The Hall–Kier alpha value is -1.09. The summed E-state index contributed by atoms with van der Waals surface area (Å²) in [7, 11) is 0. The topological polar surface area (TPSA) is 70.1 Å². The molecule has 19 heavy (non-hydrogen) atoms. The van der Waals surface area contributed by atoms with Crippen molar-refractivity contribution in [3.63, 3.8) is 0 Å². The molecule has 1 atom stereocenters. The van der Waals surface area contributed by atoms with Crippen molar-refractivity contribution in [2.45, 2.75) is 6.04 Å². The van der Waals surface area contributed by atoms with E-state index in [9.17, 15) is 4.79 Å². The smallest absolute Gasteiger partial charge is 0.255 e. The highest BCUT2D eigenvalue weighted by Crippen LogP contribution is 2.30. The number of halogens is 2. The first kappa shape index (κ1) is 14.3. The van der Waals surface area contributed by atoms with Crippen LogP contribution in [0.25, 0.3) is 0 Å². The maximum atomic E-state index is 12.4. The average molecular weight is 316 g/mol. The van der Waals surface area contributed by atoms with Gasteiger partial charge < -0.3 is 10.6 Å². The molecule has 1 fully saturated rings. The highest BCUT2D eigenvalue weighted by molar-refractivity contribution is 7.99. The number of nitrogens with two attached hydrogens (primary N) is 1. The van der Waals surface area contributed by atoms with Crippen LogP contribution in [-0.4, -0.2) is 34.9 Å². The summed E-state index contributed by atoms with van der Waals surface area (Å²) in [4.78, 5) is 13.9. The van der Waals surface area contributed by atoms with E-state index in [2.05, 4.69) is 6.07 Å². The normalized spacial score (nSPS) is 19.0. The SMILES string of the molecule is N#C[C@H]1CSCCN1C(=O)c1cc(Cl)c(N)c(Cl)c1. The number of thioether (sulfide) groups is 1. The van der Waals surface area contributed by atoms with Gasteiger partial charge in [0.25, 0.3) is 5.91 Å². The van der Waals surface area contributed by atoms with Crippen LogP contribution in [0.4, 0.5) is 5.69 Å². The lowest BCUT2D eigenvalue weighted by Gasteiger charge is -2.31. The maximum Gasteiger partial charge on any atom is 0.255 e. The number of benzene rings is 1. The molecule has 2 rings (SSSR count). The van der Waals surface area contributed by atoms with E-state index in [-0.39, 0.29) is 21.6 Å². The van der Waals surface area contributed by atoms with Crippen molar-refractivity contribution in [3.8, 4) is 6.07 Å². The molecule has 0 spiro atoms. The largest absolute Gasteiger partial charge is 0.396 e. The summed E-state index contributed by atoms with van der Waals surface area (Å²) < 4.78 is 0.